The molecule has 0 radical (unpaired) electrons. The highest BCUT2D eigenvalue weighted by molar-refractivity contribution is 5.77. The summed E-state index contributed by atoms with van der Waals surface area (Å²) >= 11 is 0. The van der Waals surface area contributed by atoms with Crippen LogP contribution in [-0.2, 0) is 0 Å². The molecular formula is C20H21N3O5. The number of ether oxygens (including phenoxy) is 2. The molecule has 0 aliphatic heterocycles. The second-order valence-corrected chi connectivity index (χ2v) is 6.94. The van der Waals surface area contributed by atoms with Crippen LogP contribution in [0.3, 0.4) is 0 Å². The average molecular weight is 383 g/mol. The van der Waals surface area contributed by atoms with E-state index in [0.717, 1.165) is 17.9 Å². The third-order valence-electron chi connectivity index (χ3n) is 4.37. The average Bonchev–Trinajstić information content (AvgIpc) is 3.41. The lowest BCUT2D eigenvalue weighted by atomic mass is 10.3. The Balaban J connectivity index is 1.41. The summed E-state index contributed by atoms with van der Waals surface area (Å²) < 4.78 is 17.1. The number of carbonyl (C=O) groups is 1. The van der Waals surface area contributed by atoms with E-state index in [2.05, 4.69) is 15.3 Å². The van der Waals surface area contributed by atoms with Crippen LogP contribution in [0.5, 0.6) is 11.5 Å². The predicted molar refractivity (Wildman–Crippen MR) is 102 cm³/mol. The molecule has 1 atom stereocenters. The summed E-state index contributed by atoms with van der Waals surface area (Å²) in [5.74, 6) is 2.42. The van der Waals surface area contributed by atoms with E-state index >= 15 is 0 Å². The molecule has 2 aromatic heterocycles. The molecule has 3 aromatic rings. The number of amides is 1. The summed E-state index contributed by atoms with van der Waals surface area (Å²) in [6.45, 7) is 2.67. The number of fused-ring (bicyclic) bond motifs is 1. The van der Waals surface area contributed by atoms with Crippen molar-refractivity contribution >= 4 is 17.2 Å². The maximum Gasteiger partial charge on any atom is 0.404 e. The van der Waals surface area contributed by atoms with Crippen LogP contribution in [0.2, 0.25) is 0 Å². The van der Waals surface area contributed by atoms with E-state index in [1.807, 2.05) is 18.2 Å². The smallest absolute Gasteiger partial charge is 0.404 e. The molecule has 0 unspecified atom stereocenters. The van der Waals surface area contributed by atoms with E-state index in [9.17, 15) is 4.79 Å². The largest absolute Gasteiger partial charge is 0.493 e. The van der Waals surface area contributed by atoms with E-state index in [1.165, 1.54) is 12.8 Å². The number of rotatable bonds is 8. The van der Waals surface area contributed by atoms with Gasteiger partial charge in [0.25, 0.3) is 0 Å². The van der Waals surface area contributed by atoms with Crippen molar-refractivity contribution in [2.75, 3.05) is 13.2 Å². The summed E-state index contributed by atoms with van der Waals surface area (Å²) in [7, 11) is 0. The molecular weight excluding hydrogens is 362 g/mol. The number of nitrogens with one attached hydrogen (secondary N) is 1. The number of benzene rings is 1. The lowest BCUT2D eigenvalue weighted by Crippen LogP contribution is -2.35. The third kappa shape index (κ3) is 4.51. The van der Waals surface area contributed by atoms with Crippen molar-refractivity contribution in [3.63, 3.8) is 0 Å². The van der Waals surface area contributed by atoms with Gasteiger partial charge in [0.05, 0.1) is 18.8 Å². The zero-order valence-electron chi connectivity index (χ0n) is 15.4. The third-order valence-corrected chi connectivity index (χ3v) is 4.37. The standard InChI is InChI=1S/C20H21N3O5/c1-12(22-20(24)25)10-26-15-5-7-17(21-9-15)19-23-16-6-4-14(8-18(16)28-19)27-11-13-2-3-13/h4-9,12-13,22H,2-3,10-11H2,1H3,(H,24,25)/t12-/m0/s1. The van der Waals surface area contributed by atoms with Crippen molar-refractivity contribution in [2.45, 2.75) is 25.8 Å². The summed E-state index contributed by atoms with van der Waals surface area (Å²) in [6.07, 6.45) is 2.97. The van der Waals surface area contributed by atoms with Crippen LogP contribution < -0.4 is 14.8 Å². The molecule has 28 heavy (non-hydrogen) atoms. The Kier molecular flexibility index (Phi) is 5.01. The molecule has 8 heteroatoms. The lowest BCUT2D eigenvalue weighted by Gasteiger charge is -2.12. The van der Waals surface area contributed by atoms with Gasteiger partial charge in [0, 0.05) is 6.07 Å². The molecule has 8 nitrogen and oxygen atoms in total. The highest BCUT2D eigenvalue weighted by Gasteiger charge is 2.22. The number of hydrogen-bond acceptors (Lipinski definition) is 6. The van der Waals surface area contributed by atoms with Gasteiger partial charge in [-0.15, -0.1) is 0 Å². The zero-order valence-corrected chi connectivity index (χ0v) is 15.4. The Morgan fingerprint density at radius 1 is 1.29 bits per heavy atom. The van der Waals surface area contributed by atoms with Gasteiger partial charge in [0.2, 0.25) is 5.89 Å². The van der Waals surface area contributed by atoms with Crippen LogP contribution in [0.25, 0.3) is 22.7 Å². The normalized spacial score (nSPS) is 14.6. The molecule has 0 spiro atoms. The van der Waals surface area contributed by atoms with Gasteiger partial charge in [0.15, 0.2) is 5.58 Å². The zero-order chi connectivity index (χ0) is 19.5. The molecule has 0 bridgehead atoms. The molecule has 4 rings (SSSR count). The molecule has 0 saturated heterocycles. The minimum atomic E-state index is -1.08. The van der Waals surface area contributed by atoms with Gasteiger partial charge in [-0.05, 0) is 49.9 Å². The molecule has 1 amide bonds. The maximum atomic E-state index is 10.6. The quantitative estimate of drug-likeness (QED) is 0.610. The fourth-order valence-electron chi connectivity index (χ4n) is 2.67. The van der Waals surface area contributed by atoms with Crippen molar-refractivity contribution in [2.24, 2.45) is 5.92 Å². The van der Waals surface area contributed by atoms with Crippen molar-refractivity contribution in [3.05, 3.63) is 36.5 Å². The van der Waals surface area contributed by atoms with Gasteiger partial charge in [-0.2, -0.15) is 0 Å². The summed E-state index contributed by atoms with van der Waals surface area (Å²) in [5.41, 5.74) is 1.98. The first-order valence-electron chi connectivity index (χ1n) is 9.19. The summed E-state index contributed by atoms with van der Waals surface area (Å²) in [6, 6.07) is 8.79. The summed E-state index contributed by atoms with van der Waals surface area (Å²) in [5, 5.41) is 11.0. The first-order valence-corrected chi connectivity index (χ1v) is 9.19. The van der Waals surface area contributed by atoms with E-state index < -0.39 is 6.09 Å². The fourth-order valence-corrected chi connectivity index (χ4v) is 2.67. The van der Waals surface area contributed by atoms with E-state index in [0.29, 0.717) is 28.8 Å². The minimum absolute atomic E-state index is 0.208. The Bertz CT molecular complexity index is 966. The second-order valence-electron chi connectivity index (χ2n) is 6.94. The SMILES string of the molecule is C[C@@H](COc1ccc(-c2nc3ccc(OCC4CC4)cc3o2)nc1)NC(=O)O. The molecule has 1 aliphatic rings. The van der Waals surface area contributed by atoms with Gasteiger partial charge in [-0.3, -0.25) is 0 Å². The monoisotopic (exact) mass is 383 g/mol. The Morgan fingerprint density at radius 2 is 2.11 bits per heavy atom. The van der Waals surface area contributed by atoms with Crippen LogP contribution in [0.1, 0.15) is 19.8 Å². The molecule has 146 valence electrons. The van der Waals surface area contributed by atoms with Crippen LogP contribution in [-0.4, -0.2) is 40.4 Å². The van der Waals surface area contributed by atoms with Crippen LogP contribution >= 0.6 is 0 Å². The van der Waals surface area contributed by atoms with Crippen molar-refractivity contribution in [3.8, 4) is 23.1 Å². The predicted octanol–water partition coefficient (Wildman–Crippen LogP) is 3.71. The molecule has 1 aromatic carbocycles. The van der Waals surface area contributed by atoms with Gasteiger partial charge in [-0.1, -0.05) is 0 Å². The van der Waals surface area contributed by atoms with E-state index in [-0.39, 0.29) is 12.6 Å². The Morgan fingerprint density at radius 3 is 2.82 bits per heavy atom. The second kappa shape index (κ2) is 7.75. The van der Waals surface area contributed by atoms with E-state index in [1.54, 1.807) is 25.3 Å². The van der Waals surface area contributed by atoms with Gasteiger partial charge >= 0.3 is 6.09 Å². The first kappa shape index (κ1) is 18.1. The maximum absolute atomic E-state index is 10.6. The molecule has 2 heterocycles. The van der Waals surface area contributed by atoms with Crippen molar-refractivity contribution in [1.82, 2.24) is 15.3 Å². The topological polar surface area (TPSA) is 107 Å². The minimum Gasteiger partial charge on any atom is -0.493 e. The lowest BCUT2D eigenvalue weighted by molar-refractivity contribution is 0.183. The van der Waals surface area contributed by atoms with Crippen LogP contribution in [0, 0.1) is 5.92 Å². The fraction of sp³-hybridized carbons (Fsp3) is 0.350. The van der Waals surface area contributed by atoms with Crippen molar-refractivity contribution < 1.29 is 23.8 Å². The Hall–Kier alpha value is -3.29. The number of pyridine rings is 1. The molecule has 1 fully saturated rings. The van der Waals surface area contributed by atoms with Gasteiger partial charge < -0.3 is 24.3 Å². The Labute approximate surface area is 161 Å². The van der Waals surface area contributed by atoms with E-state index in [4.69, 9.17) is 19.0 Å². The molecule has 1 saturated carbocycles. The highest BCUT2D eigenvalue weighted by Crippen LogP contribution is 2.31. The van der Waals surface area contributed by atoms with Crippen molar-refractivity contribution in [1.29, 1.82) is 0 Å². The molecule has 2 N–H and O–H groups in total. The summed E-state index contributed by atoms with van der Waals surface area (Å²) in [4.78, 5) is 19.4. The van der Waals surface area contributed by atoms with Gasteiger partial charge in [0.1, 0.15) is 29.3 Å². The number of hydrogen-bond donors (Lipinski definition) is 2. The highest BCUT2D eigenvalue weighted by atomic mass is 16.5. The van der Waals surface area contributed by atoms with Crippen LogP contribution in [0.4, 0.5) is 4.79 Å². The number of aromatic nitrogens is 2. The number of oxazole rings is 1. The molecule has 1 aliphatic carbocycles. The first-order chi connectivity index (χ1) is 13.6. The number of carboxylic acid groups (broad SMARTS) is 1. The van der Waals surface area contributed by atoms with Gasteiger partial charge in [-0.25, -0.2) is 14.8 Å². The van der Waals surface area contributed by atoms with Crippen LogP contribution in [0.15, 0.2) is 40.9 Å². The number of nitrogens with zero attached hydrogens (tertiary/aromatic N) is 2.